The van der Waals surface area contributed by atoms with Gasteiger partial charge in [0, 0.05) is 23.2 Å². The van der Waals surface area contributed by atoms with Gasteiger partial charge in [-0.05, 0) is 63.6 Å². The number of anilines is 1. The molecule has 0 radical (unpaired) electrons. The summed E-state index contributed by atoms with van der Waals surface area (Å²) in [5.74, 6) is 0.472. The number of rotatable bonds is 5. The standard InChI is InChI=1S/C18H24N4OS/c1-22(2)12-13-4-3-5-15(10-13)17(23)21-18-20-11-16(24-18)14-6-8-19-9-7-14/h3-5,10-11,14,19H,6-9,12H2,1-2H3,(H,20,21,23). The van der Waals surface area contributed by atoms with Crippen LogP contribution < -0.4 is 10.6 Å². The molecule has 1 saturated heterocycles. The lowest BCUT2D eigenvalue weighted by Gasteiger charge is -2.20. The minimum atomic E-state index is -0.0955. The summed E-state index contributed by atoms with van der Waals surface area (Å²) in [5.41, 5.74) is 1.80. The molecule has 0 bridgehead atoms. The third-order valence-electron chi connectivity index (χ3n) is 4.17. The number of aromatic nitrogens is 1. The van der Waals surface area contributed by atoms with Crippen molar-refractivity contribution < 1.29 is 4.79 Å². The molecule has 1 aromatic carbocycles. The molecule has 1 amide bonds. The Bertz CT molecular complexity index is 692. The monoisotopic (exact) mass is 344 g/mol. The lowest BCUT2D eigenvalue weighted by Crippen LogP contribution is -2.26. The van der Waals surface area contributed by atoms with E-state index in [0.29, 0.717) is 16.6 Å². The number of hydrogen-bond acceptors (Lipinski definition) is 5. The van der Waals surface area contributed by atoms with Crippen LogP contribution in [0.2, 0.25) is 0 Å². The molecule has 2 aromatic rings. The summed E-state index contributed by atoms with van der Waals surface area (Å²) in [6.07, 6.45) is 4.20. The summed E-state index contributed by atoms with van der Waals surface area (Å²) >= 11 is 1.60. The number of nitrogens with zero attached hydrogens (tertiary/aromatic N) is 2. The first-order valence-corrected chi connectivity index (χ1v) is 9.15. The first kappa shape index (κ1) is 17.1. The minimum Gasteiger partial charge on any atom is -0.317 e. The Hall–Kier alpha value is -1.76. The highest BCUT2D eigenvalue weighted by Gasteiger charge is 2.18. The van der Waals surface area contributed by atoms with Gasteiger partial charge in [0.25, 0.3) is 5.91 Å². The second-order valence-corrected chi connectivity index (χ2v) is 7.55. The molecule has 1 aromatic heterocycles. The molecule has 1 aliphatic heterocycles. The Balaban J connectivity index is 1.65. The van der Waals surface area contributed by atoms with Gasteiger partial charge in [0.2, 0.25) is 0 Å². The van der Waals surface area contributed by atoms with E-state index >= 15 is 0 Å². The molecule has 2 N–H and O–H groups in total. The number of thiazole rings is 1. The van der Waals surface area contributed by atoms with Crippen molar-refractivity contribution in [2.45, 2.75) is 25.3 Å². The predicted octanol–water partition coefficient (Wildman–Crippen LogP) is 2.92. The summed E-state index contributed by atoms with van der Waals surface area (Å²) in [6, 6.07) is 7.75. The number of nitrogens with one attached hydrogen (secondary N) is 2. The molecule has 1 fully saturated rings. The molecule has 6 heteroatoms. The molecule has 0 spiro atoms. The van der Waals surface area contributed by atoms with Crippen LogP contribution in [0.1, 0.15) is 39.6 Å². The van der Waals surface area contributed by atoms with Crippen molar-refractivity contribution in [3.63, 3.8) is 0 Å². The molecule has 0 unspecified atom stereocenters. The third-order valence-corrected chi connectivity index (χ3v) is 5.25. The number of benzene rings is 1. The van der Waals surface area contributed by atoms with Crippen molar-refractivity contribution in [2.75, 3.05) is 32.5 Å². The van der Waals surface area contributed by atoms with Crippen LogP contribution in [0.25, 0.3) is 0 Å². The number of hydrogen-bond donors (Lipinski definition) is 2. The van der Waals surface area contributed by atoms with Crippen LogP contribution in [0.4, 0.5) is 5.13 Å². The van der Waals surface area contributed by atoms with E-state index in [0.717, 1.165) is 38.0 Å². The molecule has 2 heterocycles. The second kappa shape index (κ2) is 7.88. The van der Waals surface area contributed by atoms with Gasteiger partial charge in [0.1, 0.15) is 0 Å². The van der Waals surface area contributed by atoms with Crippen molar-refractivity contribution >= 4 is 22.4 Å². The van der Waals surface area contributed by atoms with Crippen LogP contribution in [-0.4, -0.2) is 43.0 Å². The van der Waals surface area contributed by atoms with Gasteiger partial charge >= 0.3 is 0 Å². The average Bonchev–Trinajstić information content (AvgIpc) is 3.04. The summed E-state index contributed by atoms with van der Waals surface area (Å²) in [4.78, 5) is 20.2. The quantitative estimate of drug-likeness (QED) is 0.876. The van der Waals surface area contributed by atoms with Crippen molar-refractivity contribution in [2.24, 2.45) is 0 Å². The van der Waals surface area contributed by atoms with Crippen LogP contribution in [0.5, 0.6) is 0 Å². The van der Waals surface area contributed by atoms with E-state index in [1.165, 1.54) is 4.88 Å². The van der Waals surface area contributed by atoms with Crippen LogP contribution >= 0.6 is 11.3 Å². The number of amides is 1. The van der Waals surface area contributed by atoms with Gasteiger partial charge < -0.3 is 10.2 Å². The molecule has 1 aliphatic rings. The van der Waals surface area contributed by atoms with E-state index in [-0.39, 0.29) is 5.91 Å². The lowest BCUT2D eigenvalue weighted by molar-refractivity contribution is 0.102. The van der Waals surface area contributed by atoms with Crippen molar-refractivity contribution in [3.05, 3.63) is 46.5 Å². The summed E-state index contributed by atoms with van der Waals surface area (Å²) < 4.78 is 0. The Morgan fingerprint density at radius 2 is 2.17 bits per heavy atom. The Labute approximate surface area is 147 Å². The second-order valence-electron chi connectivity index (χ2n) is 6.48. The molecular weight excluding hydrogens is 320 g/mol. The van der Waals surface area contributed by atoms with Crippen LogP contribution in [0.3, 0.4) is 0 Å². The normalized spacial score (nSPS) is 15.6. The highest BCUT2D eigenvalue weighted by atomic mass is 32.1. The topological polar surface area (TPSA) is 57.3 Å². The van der Waals surface area contributed by atoms with Crippen LogP contribution in [0.15, 0.2) is 30.5 Å². The number of carbonyl (C=O) groups is 1. The van der Waals surface area contributed by atoms with Gasteiger partial charge in [0.05, 0.1) is 0 Å². The fraction of sp³-hybridized carbons (Fsp3) is 0.444. The summed E-state index contributed by atoms with van der Waals surface area (Å²) in [6.45, 7) is 2.93. The summed E-state index contributed by atoms with van der Waals surface area (Å²) in [5, 5.41) is 7.00. The van der Waals surface area contributed by atoms with Gasteiger partial charge in [-0.25, -0.2) is 4.98 Å². The van der Waals surface area contributed by atoms with E-state index < -0.39 is 0 Å². The highest BCUT2D eigenvalue weighted by molar-refractivity contribution is 7.15. The molecule has 0 aliphatic carbocycles. The van der Waals surface area contributed by atoms with Crippen molar-refractivity contribution in [3.8, 4) is 0 Å². The Morgan fingerprint density at radius 1 is 1.38 bits per heavy atom. The van der Waals surface area contributed by atoms with Crippen molar-refractivity contribution in [1.82, 2.24) is 15.2 Å². The largest absolute Gasteiger partial charge is 0.317 e. The van der Waals surface area contributed by atoms with Crippen molar-refractivity contribution in [1.29, 1.82) is 0 Å². The van der Waals surface area contributed by atoms with Crippen LogP contribution in [-0.2, 0) is 6.54 Å². The average molecular weight is 344 g/mol. The molecular formula is C18H24N4OS. The minimum absolute atomic E-state index is 0.0955. The molecule has 0 saturated carbocycles. The fourth-order valence-corrected chi connectivity index (χ4v) is 3.97. The van der Waals surface area contributed by atoms with Gasteiger partial charge in [-0.15, -0.1) is 11.3 Å². The third kappa shape index (κ3) is 4.41. The van der Waals surface area contributed by atoms with E-state index in [2.05, 4.69) is 20.5 Å². The Morgan fingerprint density at radius 3 is 2.92 bits per heavy atom. The highest BCUT2D eigenvalue weighted by Crippen LogP contribution is 2.31. The smallest absolute Gasteiger partial charge is 0.257 e. The SMILES string of the molecule is CN(C)Cc1cccc(C(=O)Nc2ncc(C3CCNCC3)s2)c1. The van der Waals surface area contributed by atoms with E-state index in [4.69, 9.17) is 0 Å². The molecule has 5 nitrogen and oxygen atoms in total. The lowest BCUT2D eigenvalue weighted by atomic mass is 9.97. The van der Waals surface area contributed by atoms with Crippen LogP contribution in [0, 0.1) is 0 Å². The molecule has 0 atom stereocenters. The zero-order valence-corrected chi connectivity index (χ0v) is 15.0. The number of piperidine rings is 1. The zero-order valence-electron chi connectivity index (χ0n) is 14.2. The van der Waals surface area contributed by atoms with Gasteiger partial charge in [-0.3, -0.25) is 10.1 Å². The van der Waals surface area contributed by atoms with E-state index in [9.17, 15) is 4.79 Å². The van der Waals surface area contributed by atoms with Gasteiger partial charge in [-0.1, -0.05) is 12.1 Å². The first-order chi connectivity index (χ1) is 11.6. The maximum absolute atomic E-state index is 12.5. The molecule has 3 rings (SSSR count). The van der Waals surface area contributed by atoms with E-state index in [1.54, 1.807) is 11.3 Å². The first-order valence-electron chi connectivity index (χ1n) is 8.33. The fourth-order valence-electron chi connectivity index (χ4n) is 2.98. The predicted molar refractivity (Wildman–Crippen MR) is 98.7 cm³/mol. The molecule has 128 valence electrons. The Kier molecular flexibility index (Phi) is 5.60. The molecule has 24 heavy (non-hydrogen) atoms. The summed E-state index contributed by atoms with van der Waals surface area (Å²) in [7, 11) is 4.04. The zero-order chi connectivity index (χ0) is 16.9. The number of carbonyl (C=O) groups excluding carboxylic acids is 1. The van der Waals surface area contributed by atoms with E-state index in [1.807, 2.05) is 44.6 Å². The maximum atomic E-state index is 12.5. The van der Waals surface area contributed by atoms with Gasteiger partial charge in [0.15, 0.2) is 5.13 Å². The maximum Gasteiger partial charge on any atom is 0.257 e. The van der Waals surface area contributed by atoms with Gasteiger partial charge in [-0.2, -0.15) is 0 Å².